The fraction of sp³-hybridized carbons (Fsp3) is 0.278. The van der Waals surface area contributed by atoms with E-state index in [0.29, 0.717) is 11.4 Å². The second-order valence-electron chi connectivity index (χ2n) is 5.28. The topological polar surface area (TPSA) is 64.3 Å². The smallest absolute Gasteiger partial charge is 0.229 e. The largest absolute Gasteiger partial charge is 0.491 e. The van der Waals surface area contributed by atoms with Gasteiger partial charge in [0.15, 0.2) is 0 Å². The van der Waals surface area contributed by atoms with Gasteiger partial charge in [-0.2, -0.15) is 0 Å². The molecule has 2 unspecified atom stereocenters. The van der Waals surface area contributed by atoms with Crippen molar-refractivity contribution < 1.29 is 13.9 Å². The monoisotopic (exact) mass is 316 g/mol. The van der Waals surface area contributed by atoms with Crippen LogP contribution in [-0.2, 0) is 4.79 Å². The van der Waals surface area contributed by atoms with Crippen LogP contribution in [0.5, 0.6) is 5.75 Å². The average Bonchev–Trinajstić information content (AvgIpc) is 2.59. The molecule has 122 valence electrons. The van der Waals surface area contributed by atoms with Gasteiger partial charge in [0, 0.05) is 17.8 Å². The molecule has 0 aliphatic rings. The summed E-state index contributed by atoms with van der Waals surface area (Å²) in [5, 5.41) is 2.82. The molecule has 2 rings (SSSR count). The summed E-state index contributed by atoms with van der Waals surface area (Å²) >= 11 is 0. The number of nitrogens with two attached hydrogens (primary N) is 1. The zero-order valence-corrected chi connectivity index (χ0v) is 13.0. The first-order valence-corrected chi connectivity index (χ1v) is 7.52. The average molecular weight is 316 g/mol. The van der Waals surface area contributed by atoms with Crippen LogP contribution in [-0.4, -0.2) is 19.2 Å². The minimum Gasteiger partial charge on any atom is -0.491 e. The Kier molecular flexibility index (Phi) is 6.11. The first kappa shape index (κ1) is 17.0. The van der Waals surface area contributed by atoms with Crippen molar-refractivity contribution in [1.82, 2.24) is 0 Å². The molecular weight excluding hydrogens is 295 g/mol. The van der Waals surface area contributed by atoms with Crippen LogP contribution in [0.3, 0.4) is 0 Å². The maximum atomic E-state index is 12.4. The minimum atomic E-state index is -0.556. The maximum Gasteiger partial charge on any atom is 0.229 e. The second kappa shape index (κ2) is 8.29. The summed E-state index contributed by atoms with van der Waals surface area (Å²) in [5.41, 5.74) is 7.67. The summed E-state index contributed by atoms with van der Waals surface area (Å²) in [5.74, 6) is -0.0581. The number of rotatable bonds is 7. The van der Waals surface area contributed by atoms with E-state index in [1.54, 1.807) is 31.2 Å². The van der Waals surface area contributed by atoms with Crippen molar-refractivity contribution in [3.8, 4) is 5.75 Å². The van der Waals surface area contributed by atoms with E-state index in [9.17, 15) is 9.18 Å². The molecule has 0 radical (unpaired) electrons. The quantitative estimate of drug-likeness (QED) is 0.823. The third kappa shape index (κ3) is 4.79. The Hall–Kier alpha value is -2.40. The van der Waals surface area contributed by atoms with Crippen LogP contribution in [0.1, 0.15) is 18.5 Å². The van der Waals surface area contributed by atoms with Gasteiger partial charge in [-0.25, -0.2) is 4.39 Å². The Bertz CT molecular complexity index is 634. The van der Waals surface area contributed by atoms with E-state index >= 15 is 0 Å². The highest BCUT2D eigenvalue weighted by Gasteiger charge is 2.22. The summed E-state index contributed by atoms with van der Waals surface area (Å²) in [6.45, 7) is 1.22. The zero-order chi connectivity index (χ0) is 16.7. The normalized spacial score (nSPS) is 13.2. The van der Waals surface area contributed by atoms with Crippen molar-refractivity contribution in [3.63, 3.8) is 0 Å². The first-order valence-electron chi connectivity index (χ1n) is 7.52. The molecule has 0 fully saturated rings. The molecule has 3 N–H and O–H groups in total. The van der Waals surface area contributed by atoms with Crippen molar-refractivity contribution >= 4 is 11.6 Å². The zero-order valence-electron chi connectivity index (χ0n) is 13.0. The highest BCUT2D eigenvalue weighted by molar-refractivity contribution is 5.93. The Balaban J connectivity index is 2.00. The molecule has 0 saturated heterocycles. The highest BCUT2D eigenvalue weighted by Crippen LogP contribution is 2.22. The number of nitrogens with one attached hydrogen (secondary N) is 1. The lowest BCUT2D eigenvalue weighted by Crippen LogP contribution is -2.30. The maximum absolute atomic E-state index is 12.4. The van der Waals surface area contributed by atoms with Gasteiger partial charge in [-0.1, -0.05) is 43.3 Å². The predicted octanol–water partition coefficient (Wildman–Crippen LogP) is 3.31. The summed E-state index contributed by atoms with van der Waals surface area (Å²) in [7, 11) is 0. The van der Waals surface area contributed by atoms with Crippen molar-refractivity contribution in [2.45, 2.75) is 13.0 Å². The second-order valence-corrected chi connectivity index (χ2v) is 5.28. The molecule has 4 nitrogen and oxygen atoms in total. The van der Waals surface area contributed by atoms with E-state index in [4.69, 9.17) is 10.5 Å². The summed E-state index contributed by atoms with van der Waals surface area (Å²) in [6, 6.07) is 16.0. The van der Waals surface area contributed by atoms with Gasteiger partial charge in [0.1, 0.15) is 19.0 Å². The van der Waals surface area contributed by atoms with Gasteiger partial charge in [-0.3, -0.25) is 4.79 Å². The molecule has 2 atom stereocenters. The molecule has 0 bridgehead atoms. The van der Waals surface area contributed by atoms with Crippen molar-refractivity contribution in [1.29, 1.82) is 0 Å². The predicted molar refractivity (Wildman–Crippen MR) is 89.1 cm³/mol. The van der Waals surface area contributed by atoms with Crippen LogP contribution in [0.4, 0.5) is 10.1 Å². The number of carbonyl (C=O) groups is 1. The van der Waals surface area contributed by atoms with E-state index in [0.717, 1.165) is 5.56 Å². The van der Waals surface area contributed by atoms with Gasteiger partial charge in [-0.15, -0.1) is 0 Å². The molecule has 0 spiro atoms. The molecule has 0 aromatic heterocycles. The Morgan fingerprint density at radius 3 is 2.65 bits per heavy atom. The van der Waals surface area contributed by atoms with Gasteiger partial charge in [0.05, 0.1) is 5.92 Å². The number of amides is 1. The Morgan fingerprint density at radius 1 is 1.22 bits per heavy atom. The van der Waals surface area contributed by atoms with Crippen LogP contribution in [0.2, 0.25) is 0 Å². The fourth-order valence-electron chi connectivity index (χ4n) is 2.20. The molecule has 23 heavy (non-hydrogen) atoms. The van der Waals surface area contributed by atoms with Gasteiger partial charge in [0.2, 0.25) is 5.91 Å². The van der Waals surface area contributed by atoms with Crippen molar-refractivity contribution in [2.24, 2.45) is 11.7 Å². The van der Waals surface area contributed by atoms with Crippen LogP contribution >= 0.6 is 0 Å². The fourth-order valence-corrected chi connectivity index (χ4v) is 2.20. The molecular formula is C18H21FN2O2. The molecule has 5 heteroatoms. The number of benzene rings is 2. The molecule has 0 heterocycles. The number of hydrogen-bond donors (Lipinski definition) is 2. The van der Waals surface area contributed by atoms with E-state index in [1.165, 1.54) is 0 Å². The van der Waals surface area contributed by atoms with Gasteiger partial charge < -0.3 is 15.8 Å². The summed E-state index contributed by atoms with van der Waals surface area (Å²) in [6.07, 6.45) is 0. The number of alkyl halides is 1. The minimum absolute atomic E-state index is 0.00726. The van der Waals surface area contributed by atoms with Gasteiger partial charge >= 0.3 is 0 Å². The summed E-state index contributed by atoms with van der Waals surface area (Å²) < 4.78 is 17.3. The van der Waals surface area contributed by atoms with Gasteiger partial charge in [-0.05, 0) is 17.7 Å². The first-order chi connectivity index (χ1) is 11.1. The van der Waals surface area contributed by atoms with E-state index in [1.807, 2.05) is 30.3 Å². The lowest BCUT2D eigenvalue weighted by Gasteiger charge is -2.20. The van der Waals surface area contributed by atoms with E-state index < -0.39 is 12.6 Å². The number of ether oxygens (including phenoxy) is 1. The summed E-state index contributed by atoms with van der Waals surface area (Å²) in [4.78, 5) is 12.4. The lowest BCUT2D eigenvalue weighted by molar-refractivity contribution is -0.120. The Morgan fingerprint density at radius 2 is 1.96 bits per heavy atom. The molecule has 2 aromatic carbocycles. The number of halogens is 1. The molecule has 0 aliphatic heterocycles. The van der Waals surface area contributed by atoms with Crippen molar-refractivity contribution in [3.05, 3.63) is 60.2 Å². The molecule has 2 aromatic rings. The van der Waals surface area contributed by atoms with Crippen LogP contribution < -0.4 is 15.8 Å². The highest BCUT2D eigenvalue weighted by atomic mass is 19.1. The van der Waals surface area contributed by atoms with Crippen LogP contribution in [0.25, 0.3) is 0 Å². The van der Waals surface area contributed by atoms with Crippen LogP contribution in [0.15, 0.2) is 54.6 Å². The number of hydrogen-bond acceptors (Lipinski definition) is 3. The SMILES string of the molecule is CC(C(=O)Nc1cccc(OCCF)c1)C(N)c1ccccc1. The van der Waals surface area contributed by atoms with Gasteiger partial charge in [0.25, 0.3) is 0 Å². The molecule has 1 amide bonds. The number of carbonyl (C=O) groups excluding carboxylic acids is 1. The standard InChI is InChI=1S/C18H21FN2O2/c1-13(17(20)14-6-3-2-4-7-14)18(22)21-15-8-5-9-16(12-15)23-11-10-19/h2-9,12-13,17H,10-11,20H2,1H3,(H,21,22). The molecule has 0 saturated carbocycles. The third-order valence-electron chi connectivity index (χ3n) is 3.58. The van der Waals surface area contributed by atoms with E-state index in [2.05, 4.69) is 5.32 Å². The molecule has 0 aliphatic carbocycles. The Labute approximate surface area is 135 Å². The lowest BCUT2D eigenvalue weighted by atomic mass is 9.94. The van der Waals surface area contributed by atoms with Crippen molar-refractivity contribution in [2.75, 3.05) is 18.6 Å². The van der Waals surface area contributed by atoms with Crippen LogP contribution in [0, 0.1) is 5.92 Å². The van der Waals surface area contributed by atoms with E-state index in [-0.39, 0.29) is 18.6 Å². The number of anilines is 1. The third-order valence-corrected chi connectivity index (χ3v) is 3.58.